The minimum atomic E-state index is 0.398. The van der Waals surface area contributed by atoms with Gasteiger partial charge in [0.15, 0.2) is 5.15 Å². The van der Waals surface area contributed by atoms with Crippen LogP contribution >= 0.6 is 11.6 Å². The van der Waals surface area contributed by atoms with E-state index in [0.717, 1.165) is 25.2 Å². The average molecular weight is 242 g/mol. The molecule has 1 aliphatic rings. The summed E-state index contributed by atoms with van der Waals surface area (Å²) in [5.41, 5.74) is 6.97. The number of hydrogen-bond donors (Lipinski definition) is 1. The van der Waals surface area contributed by atoms with Crippen molar-refractivity contribution in [3.05, 3.63) is 16.7 Å². The predicted octanol–water partition coefficient (Wildman–Crippen LogP) is 2.57. The molecule has 0 fully saturated rings. The number of halogens is 1. The molecule has 2 heterocycles. The highest BCUT2D eigenvalue weighted by Crippen LogP contribution is 2.33. The molecule has 3 nitrogen and oxygen atoms in total. The summed E-state index contributed by atoms with van der Waals surface area (Å²) < 4.78 is 2.30. The lowest BCUT2D eigenvalue weighted by Crippen LogP contribution is -2.23. The smallest absolute Gasteiger partial charge is 0.150 e. The van der Waals surface area contributed by atoms with E-state index < -0.39 is 0 Å². The highest BCUT2D eigenvalue weighted by Gasteiger charge is 2.26. The number of aromatic nitrogens is 2. The van der Waals surface area contributed by atoms with Crippen LogP contribution in [-0.4, -0.2) is 16.1 Å². The van der Waals surface area contributed by atoms with E-state index >= 15 is 0 Å². The summed E-state index contributed by atoms with van der Waals surface area (Å²) in [6.45, 7) is 6.14. The number of hydrogen-bond acceptors (Lipinski definition) is 2. The van der Waals surface area contributed by atoms with Gasteiger partial charge >= 0.3 is 0 Å². The molecule has 90 valence electrons. The Balaban J connectivity index is 2.36. The van der Waals surface area contributed by atoms with E-state index in [2.05, 4.69) is 23.4 Å². The molecule has 2 N–H and O–H groups in total. The van der Waals surface area contributed by atoms with Gasteiger partial charge in [-0.05, 0) is 18.8 Å². The molecule has 0 saturated carbocycles. The van der Waals surface area contributed by atoms with Crippen molar-refractivity contribution in [1.82, 2.24) is 9.55 Å². The fourth-order valence-corrected chi connectivity index (χ4v) is 2.86. The van der Waals surface area contributed by atoms with E-state index in [1.165, 1.54) is 12.1 Å². The van der Waals surface area contributed by atoms with Crippen LogP contribution in [0.4, 0.5) is 0 Å². The highest BCUT2D eigenvalue weighted by atomic mass is 35.5. The van der Waals surface area contributed by atoms with Gasteiger partial charge < -0.3 is 10.3 Å². The van der Waals surface area contributed by atoms with Gasteiger partial charge in [-0.15, -0.1) is 0 Å². The largest absolute Gasteiger partial charge is 0.330 e. The van der Waals surface area contributed by atoms with Crippen LogP contribution in [0.1, 0.15) is 44.1 Å². The van der Waals surface area contributed by atoms with E-state index in [9.17, 15) is 0 Å². The molecule has 1 aliphatic heterocycles. The summed E-state index contributed by atoms with van der Waals surface area (Å²) in [6, 6.07) is 0. The second-order valence-electron chi connectivity index (χ2n) is 5.03. The molecular formula is C12H20ClN3. The predicted molar refractivity (Wildman–Crippen MR) is 66.8 cm³/mol. The Hall–Kier alpha value is -0.540. The van der Waals surface area contributed by atoms with E-state index in [0.29, 0.717) is 23.5 Å². The molecular weight excluding hydrogens is 222 g/mol. The Morgan fingerprint density at radius 3 is 2.94 bits per heavy atom. The maximum Gasteiger partial charge on any atom is 0.150 e. The van der Waals surface area contributed by atoms with Crippen molar-refractivity contribution in [2.75, 3.05) is 6.54 Å². The molecule has 0 saturated heterocycles. The van der Waals surface area contributed by atoms with Gasteiger partial charge in [0.25, 0.3) is 0 Å². The Morgan fingerprint density at radius 2 is 2.31 bits per heavy atom. The molecule has 0 aromatic carbocycles. The molecule has 1 atom stereocenters. The topological polar surface area (TPSA) is 43.8 Å². The second kappa shape index (κ2) is 4.76. The van der Waals surface area contributed by atoms with Gasteiger partial charge in [0.2, 0.25) is 0 Å². The summed E-state index contributed by atoms with van der Waals surface area (Å²) in [5.74, 6) is 2.14. The SMILES string of the molecule is CC(C)Cc1nc(Cl)c2n1CCCC2CN. The fourth-order valence-electron chi connectivity index (χ4n) is 2.50. The van der Waals surface area contributed by atoms with E-state index in [1.54, 1.807) is 0 Å². The summed E-state index contributed by atoms with van der Waals surface area (Å²) in [7, 11) is 0. The first-order chi connectivity index (χ1) is 7.63. The number of nitrogens with two attached hydrogens (primary N) is 1. The number of nitrogens with zero attached hydrogens (tertiary/aromatic N) is 2. The van der Waals surface area contributed by atoms with Crippen molar-refractivity contribution in [3.63, 3.8) is 0 Å². The lowest BCUT2D eigenvalue weighted by molar-refractivity contribution is 0.441. The van der Waals surface area contributed by atoms with Gasteiger partial charge in [-0.2, -0.15) is 0 Å². The first-order valence-electron chi connectivity index (χ1n) is 6.08. The van der Waals surface area contributed by atoms with Crippen LogP contribution < -0.4 is 5.73 Å². The Labute approximate surface area is 102 Å². The van der Waals surface area contributed by atoms with Crippen LogP contribution in [0.25, 0.3) is 0 Å². The molecule has 0 amide bonds. The lowest BCUT2D eigenvalue weighted by atomic mass is 9.96. The van der Waals surface area contributed by atoms with Gasteiger partial charge in [0, 0.05) is 25.4 Å². The first-order valence-corrected chi connectivity index (χ1v) is 6.46. The second-order valence-corrected chi connectivity index (χ2v) is 5.39. The number of rotatable bonds is 3. The van der Waals surface area contributed by atoms with E-state index in [4.69, 9.17) is 17.3 Å². The van der Waals surface area contributed by atoms with Crippen LogP contribution in [0.5, 0.6) is 0 Å². The van der Waals surface area contributed by atoms with Crippen LogP contribution in [0, 0.1) is 5.92 Å². The minimum Gasteiger partial charge on any atom is -0.330 e. The van der Waals surface area contributed by atoms with Crippen molar-refractivity contribution in [2.24, 2.45) is 11.7 Å². The molecule has 0 bridgehead atoms. The zero-order chi connectivity index (χ0) is 11.7. The van der Waals surface area contributed by atoms with Crippen LogP contribution in [0.2, 0.25) is 5.15 Å². The van der Waals surface area contributed by atoms with E-state index in [1.807, 2.05) is 0 Å². The molecule has 1 aromatic rings. The summed E-state index contributed by atoms with van der Waals surface area (Å²) >= 11 is 6.23. The van der Waals surface area contributed by atoms with Crippen LogP contribution in [0.3, 0.4) is 0 Å². The maximum absolute atomic E-state index is 6.23. The summed E-state index contributed by atoms with van der Waals surface area (Å²) in [6.07, 6.45) is 3.33. The summed E-state index contributed by atoms with van der Waals surface area (Å²) in [5, 5.41) is 0.672. The Kier molecular flexibility index (Phi) is 3.55. The molecule has 1 aromatic heterocycles. The van der Waals surface area contributed by atoms with Gasteiger partial charge in [0.1, 0.15) is 5.82 Å². The molecule has 0 spiro atoms. The molecule has 2 rings (SSSR count). The van der Waals surface area contributed by atoms with Gasteiger partial charge in [0.05, 0.1) is 5.69 Å². The third-order valence-corrected chi connectivity index (χ3v) is 3.52. The van der Waals surface area contributed by atoms with Gasteiger partial charge in [-0.1, -0.05) is 25.4 Å². The van der Waals surface area contributed by atoms with Crippen LogP contribution in [-0.2, 0) is 13.0 Å². The first kappa shape index (κ1) is 11.9. The minimum absolute atomic E-state index is 0.398. The normalized spacial score (nSPS) is 20.2. The van der Waals surface area contributed by atoms with Gasteiger partial charge in [-0.3, -0.25) is 0 Å². The van der Waals surface area contributed by atoms with Crippen molar-refractivity contribution in [1.29, 1.82) is 0 Å². The van der Waals surface area contributed by atoms with Gasteiger partial charge in [-0.25, -0.2) is 4.98 Å². The van der Waals surface area contributed by atoms with Crippen LogP contribution in [0.15, 0.2) is 0 Å². The quantitative estimate of drug-likeness (QED) is 0.884. The molecule has 16 heavy (non-hydrogen) atoms. The van der Waals surface area contributed by atoms with Crippen molar-refractivity contribution >= 4 is 11.6 Å². The Morgan fingerprint density at radius 1 is 1.56 bits per heavy atom. The van der Waals surface area contributed by atoms with Crippen molar-refractivity contribution < 1.29 is 0 Å². The third kappa shape index (κ3) is 2.11. The van der Waals surface area contributed by atoms with Crippen molar-refractivity contribution in [3.8, 4) is 0 Å². The lowest BCUT2D eigenvalue weighted by Gasteiger charge is -2.24. The Bertz CT molecular complexity index is 371. The monoisotopic (exact) mass is 241 g/mol. The van der Waals surface area contributed by atoms with E-state index in [-0.39, 0.29) is 0 Å². The van der Waals surface area contributed by atoms with Crippen molar-refractivity contribution in [2.45, 2.75) is 45.6 Å². The molecule has 0 aliphatic carbocycles. The molecule has 0 radical (unpaired) electrons. The highest BCUT2D eigenvalue weighted by molar-refractivity contribution is 6.30. The zero-order valence-electron chi connectivity index (χ0n) is 10.0. The zero-order valence-corrected chi connectivity index (χ0v) is 10.8. The molecule has 4 heteroatoms. The standard InChI is InChI=1S/C12H20ClN3/c1-8(2)6-10-15-12(13)11-9(7-14)4-3-5-16(10)11/h8-9H,3-7,14H2,1-2H3. The average Bonchev–Trinajstić information content (AvgIpc) is 2.55. The molecule has 1 unspecified atom stereocenters. The maximum atomic E-state index is 6.23. The third-order valence-electron chi connectivity index (χ3n) is 3.24. The fraction of sp³-hybridized carbons (Fsp3) is 0.750. The summed E-state index contributed by atoms with van der Waals surface area (Å²) in [4.78, 5) is 4.50. The number of imidazole rings is 1. The number of fused-ring (bicyclic) bond motifs is 1.